The summed E-state index contributed by atoms with van der Waals surface area (Å²) in [4.78, 5) is 12.8. The zero-order chi connectivity index (χ0) is 20.9. The molecular weight excluding hydrogens is 380 g/mol. The molecule has 0 aliphatic rings. The summed E-state index contributed by atoms with van der Waals surface area (Å²) in [6.07, 6.45) is 0. The molecular formula is C22H27N4O2Si. The molecule has 4 rings (SSSR count). The van der Waals surface area contributed by atoms with E-state index in [-0.39, 0.29) is 12.0 Å². The third-order valence-electron chi connectivity index (χ3n) is 5.36. The van der Waals surface area contributed by atoms with Crippen molar-refractivity contribution in [2.24, 2.45) is 0 Å². The number of nitrogens with one attached hydrogen (secondary N) is 1. The van der Waals surface area contributed by atoms with Crippen LogP contribution in [0.2, 0.25) is 0 Å². The van der Waals surface area contributed by atoms with Gasteiger partial charge in [0.05, 0.1) is 22.1 Å². The van der Waals surface area contributed by atoms with Gasteiger partial charge < -0.3 is 19.1 Å². The summed E-state index contributed by atoms with van der Waals surface area (Å²) in [7, 11) is 0.647. The number of aromatic amines is 1. The molecule has 0 amide bonds. The molecule has 1 radical (unpaired) electrons. The average molecular weight is 408 g/mol. The first-order valence-corrected chi connectivity index (χ1v) is 10.6. The number of aryl methyl sites for hydroxylation is 1. The van der Waals surface area contributed by atoms with Crippen LogP contribution in [0.5, 0.6) is 0 Å². The van der Waals surface area contributed by atoms with Crippen LogP contribution in [0.15, 0.2) is 18.2 Å². The Morgan fingerprint density at radius 1 is 1.24 bits per heavy atom. The number of benzene rings is 2. The second kappa shape index (κ2) is 7.09. The Morgan fingerprint density at radius 2 is 2.00 bits per heavy atom. The molecule has 2 aromatic heterocycles. The number of fused-ring (bicyclic) bond motifs is 2. The third-order valence-corrected chi connectivity index (χ3v) is 5.62. The number of para-hydroxylation sites is 1. The van der Waals surface area contributed by atoms with Crippen molar-refractivity contribution in [1.29, 1.82) is 0 Å². The van der Waals surface area contributed by atoms with Crippen molar-refractivity contribution in [1.82, 2.24) is 19.5 Å². The van der Waals surface area contributed by atoms with Crippen LogP contribution in [0, 0.1) is 19.9 Å². The number of imidazole rings is 2. The van der Waals surface area contributed by atoms with Crippen LogP contribution < -0.4 is 0 Å². The summed E-state index contributed by atoms with van der Waals surface area (Å²) in [6, 6.07) is 9.57. The first-order valence-electron chi connectivity index (χ1n) is 9.77. The maximum Gasteiger partial charge on any atom is 0.148 e. The van der Waals surface area contributed by atoms with E-state index < -0.39 is 0 Å². The van der Waals surface area contributed by atoms with Gasteiger partial charge in [-0.1, -0.05) is 32.9 Å². The number of hydrogen-bond acceptors (Lipinski definition) is 4. The van der Waals surface area contributed by atoms with Gasteiger partial charge in [0.2, 0.25) is 0 Å². The molecule has 0 bridgehead atoms. The monoisotopic (exact) mass is 407 g/mol. The van der Waals surface area contributed by atoms with Crippen LogP contribution in [0.1, 0.15) is 43.5 Å². The van der Waals surface area contributed by atoms with Gasteiger partial charge in [0.1, 0.15) is 35.5 Å². The number of aliphatic hydroxyl groups excluding tert-OH is 1. The van der Waals surface area contributed by atoms with Crippen molar-refractivity contribution in [3.8, 4) is 11.1 Å². The van der Waals surface area contributed by atoms with E-state index in [0.717, 1.165) is 50.1 Å². The van der Waals surface area contributed by atoms with Gasteiger partial charge in [0, 0.05) is 22.6 Å². The van der Waals surface area contributed by atoms with E-state index in [1.165, 1.54) is 0 Å². The normalized spacial score (nSPS) is 12.5. The van der Waals surface area contributed by atoms with E-state index in [1.54, 1.807) is 0 Å². The molecule has 0 aliphatic carbocycles. The van der Waals surface area contributed by atoms with E-state index >= 15 is 0 Å². The molecule has 4 aromatic rings. The number of nitrogens with zero attached hydrogens (tertiary/aromatic N) is 3. The summed E-state index contributed by atoms with van der Waals surface area (Å²) >= 11 is 0. The fraction of sp³-hybridized carbons (Fsp3) is 0.364. The summed E-state index contributed by atoms with van der Waals surface area (Å²) in [5.41, 5.74) is 7.83. The Bertz CT molecular complexity index is 1220. The fourth-order valence-electron chi connectivity index (χ4n) is 3.95. The predicted molar refractivity (Wildman–Crippen MR) is 119 cm³/mol. The zero-order valence-corrected chi connectivity index (χ0v) is 19.8. The van der Waals surface area contributed by atoms with Crippen LogP contribution >= 0.6 is 0 Å². The Balaban J connectivity index is 2.16. The Kier molecular flexibility index (Phi) is 4.84. The molecule has 0 saturated carbocycles. The van der Waals surface area contributed by atoms with Crippen molar-refractivity contribution in [2.75, 3.05) is 0 Å². The second-order valence-electron chi connectivity index (χ2n) is 8.52. The van der Waals surface area contributed by atoms with Crippen molar-refractivity contribution in [2.45, 2.75) is 53.4 Å². The van der Waals surface area contributed by atoms with Crippen LogP contribution in [0.4, 0.5) is 0 Å². The van der Waals surface area contributed by atoms with Crippen molar-refractivity contribution >= 4 is 32.6 Å². The van der Waals surface area contributed by atoms with Gasteiger partial charge in [0.15, 0.2) is 0 Å². The highest BCUT2D eigenvalue weighted by molar-refractivity contribution is 6.03. The summed E-state index contributed by atoms with van der Waals surface area (Å²) in [5.74, 6) is 1.54. The standard InChI is InChI=1S/C22H27N4O2Si/c1-12-9-16-20(26(11-28-29)21(24-16)22(3,4)5)18(13(12)2)14-7-6-8-15-19(14)25-17(10-27)23-15/h6-8,27H,10-11H2,1-5,29H3,(H,23,25). The van der Waals surface area contributed by atoms with Crippen LogP contribution in [-0.2, 0) is 23.2 Å². The third kappa shape index (κ3) is 3.19. The van der Waals surface area contributed by atoms with Gasteiger partial charge in [-0.3, -0.25) is 0 Å². The Morgan fingerprint density at radius 3 is 2.66 bits per heavy atom. The van der Waals surface area contributed by atoms with Gasteiger partial charge in [-0.25, -0.2) is 9.97 Å². The van der Waals surface area contributed by atoms with Gasteiger partial charge in [-0.15, -0.1) is 0 Å². The second-order valence-corrected chi connectivity index (χ2v) is 9.10. The summed E-state index contributed by atoms with van der Waals surface area (Å²) in [5, 5.41) is 9.55. The molecule has 2 aromatic carbocycles. The SMILES string of the molecule is Cc1[c]c2nc(C(C)(C)C)n(CO[SiH3])c2c(-c2cccc3[nH]c(CO)nc23)c1C. The quantitative estimate of drug-likeness (QED) is 0.510. The molecule has 151 valence electrons. The van der Waals surface area contributed by atoms with E-state index in [1.807, 2.05) is 12.1 Å². The smallest absolute Gasteiger partial charge is 0.148 e. The Labute approximate surface area is 173 Å². The highest BCUT2D eigenvalue weighted by Gasteiger charge is 2.26. The lowest BCUT2D eigenvalue weighted by atomic mass is 9.94. The van der Waals surface area contributed by atoms with E-state index in [4.69, 9.17) is 9.41 Å². The Hall–Kier alpha value is -2.48. The van der Waals surface area contributed by atoms with Gasteiger partial charge in [0.25, 0.3) is 0 Å². The van der Waals surface area contributed by atoms with Gasteiger partial charge >= 0.3 is 0 Å². The maximum atomic E-state index is 9.55. The lowest BCUT2D eigenvalue weighted by Gasteiger charge is -2.21. The molecule has 7 heteroatoms. The molecule has 0 fully saturated rings. The van der Waals surface area contributed by atoms with E-state index in [0.29, 0.717) is 23.0 Å². The molecule has 0 spiro atoms. The molecule has 6 nitrogen and oxygen atoms in total. The number of aliphatic hydroxyl groups is 1. The highest BCUT2D eigenvalue weighted by atomic mass is 28.2. The largest absolute Gasteiger partial charge is 0.410 e. The molecule has 2 N–H and O–H groups in total. The van der Waals surface area contributed by atoms with Crippen LogP contribution in [-0.4, -0.2) is 35.1 Å². The molecule has 2 heterocycles. The minimum atomic E-state index is -0.131. The first kappa shape index (κ1) is 19.8. The average Bonchev–Trinajstić information content (AvgIpc) is 3.24. The predicted octanol–water partition coefficient (Wildman–Crippen LogP) is 3.04. The number of hydrogen-bond donors (Lipinski definition) is 2. The summed E-state index contributed by atoms with van der Waals surface area (Å²) < 4.78 is 7.87. The molecule has 0 atom stereocenters. The number of aromatic nitrogens is 4. The minimum absolute atomic E-state index is 0.121. The van der Waals surface area contributed by atoms with E-state index in [2.05, 4.69) is 61.3 Å². The molecule has 0 unspecified atom stereocenters. The minimum Gasteiger partial charge on any atom is -0.410 e. The van der Waals surface area contributed by atoms with E-state index in [9.17, 15) is 5.11 Å². The maximum absolute atomic E-state index is 9.55. The van der Waals surface area contributed by atoms with Crippen molar-refractivity contribution in [3.63, 3.8) is 0 Å². The highest BCUT2D eigenvalue weighted by Crippen LogP contribution is 2.39. The van der Waals surface area contributed by atoms with Crippen LogP contribution in [0.25, 0.3) is 33.2 Å². The molecule has 29 heavy (non-hydrogen) atoms. The topological polar surface area (TPSA) is 76.0 Å². The molecule has 0 saturated heterocycles. The fourth-order valence-corrected chi connectivity index (χ4v) is 4.20. The zero-order valence-electron chi connectivity index (χ0n) is 17.8. The van der Waals surface area contributed by atoms with Crippen molar-refractivity contribution in [3.05, 3.63) is 47.0 Å². The summed E-state index contributed by atoms with van der Waals surface area (Å²) in [6.45, 7) is 11.0. The number of rotatable bonds is 4. The first-order chi connectivity index (χ1) is 13.8. The van der Waals surface area contributed by atoms with Crippen LogP contribution in [0.3, 0.4) is 0 Å². The van der Waals surface area contributed by atoms with Gasteiger partial charge in [-0.2, -0.15) is 0 Å². The lowest BCUT2D eigenvalue weighted by molar-refractivity contribution is 0.253. The van der Waals surface area contributed by atoms with Gasteiger partial charge in [-0.05, 0) is 31.0 Å². The molecule has 0 aliphatic heterocycles. The lowest BCUT2D eigenvalue weighted by Crippen LogP contribution is -2.20. The van der Waals surface area contributed by atoms with Crippen molar-refractivity contribution < 1.29 is 9.53 Å². The number of H-pyrrole nitrogens is 1.